The molecule has 0 saturated heterocycles. The zero-order valence-corrected chi connectivity index (χ0v) is 19.9. The van der Waals surface area contributed by atoms with Gasteiger partial charge in [0, 0.05) is 11.8 Å². The molecule has 29 heavy (non-hydrogen) atoms. The Morgan fingerprint density at radius 2 is 1.76 bits per heavy atom. The van der Waals surface area contributed by atoms with E-state index >= 15 is 0 Å². The third-order valence-corrected chi connectivity index (χ3v) is 10.6. The molecule has 164 valence electrons. The molecule has 3 fully saturated rings. The molecule has 3 saturated carbocycles. The first-order chi connectivity index (χ1) is 13.8. The molecule has 8 atom stereocenters. The summed E-state index contributed by atoms with van der Waals surface area (Å²) >= 11 is 0. The SMILES string of the molecule is CC(C)CCC[C@@H](C)[C@H]1CC[C@H]2[C@@H]3CC[C@H]4CC=CCC(=O)[C@]4(C)[C@H]3CC[C@]12C. The minimum atomic E-state index is -0.0469. The molecular formula is C28H46O. The number of allylic oxidation sites excluding steroid dienone is 2. The van der Waals surface area contributed by atoms with E-state index in [0.717, 1.165) is 36.0 Å². The zero-order valence-electron chi connectivity index (χ0n) is 19.9. The van der Waals surface area contributed by atoms with E-state index in [1.165, 1.54) is 57.8 Å². The van der Waals surface area contributed by atoms with Crippen LogP contribution in [0.2, 0.25) is 0 Å². The Morgan fingerprint density at radius 1 is 0.966 bits per heavy atom. The van der Waals surface area contributed by atoms with Gasteiger partial charge in [-0.3, -0.25) is 4.79 Å². The smallest absolute Gasteiger partial charge is 0.143 e. The molecule has 1 nitrogen and oxygen atoms in total. The van der Waals surface area contributed by atoms with Gasteiger partial charge in [-0.25, -0.2) is 0 Å². The normalized spacial score (nSPS) is 45.4. The van der Waals surface area contributed by atoms with E-state index in [4.69, 9.17) is 0 Å². The number of hydrogen-bond donors (Lipinski definition) is 0. The minimum Gasteiger partial charge on any atom is -0.299 e. The van der Waals surface area contributed by atoms with Gasteiger partial charge in [-0.05, 0) is 91.8 Å². The van der Waals surface area contributed by atoms with Crippen LogP contribution in [0.5, 0.6) is 0 Å². The fourth-order valence-corrected chi connectivity index (χ4v) is 8.92. The number of carbonyl (C=O) groups excluding carboxylic acids is 1. The molecular weight excluding hydrogens is 352 g/mol. The van der Waals surface area contributed by atoms with E-state index in [2.05, 4.69) is 46.8 Å². The Hall–Kier alpha value is -0.590. The summed E-state index contributed by atoms with van der Waals surface area (Å²) < 4.78 is 0. The van der Waals surface area contributed by atoms with Crippen molar-refractivity contribution in [3.63, 3.8) is 0 Å². The van der Waals surface area contributed by atoms with Crippen LogP contribution in [0.1, 0.15) is 105 Å². The highest BCUT2D eigenvalue weighted by molar-refractivity contribution is 5.87. The Bertz CT molecular complexity index is 632. The molecule has 4 aliphatic carbocycles. The standard InChI is InChI=1S/C28H46O/c1-19(2)9-8-10-20(3)23-15-16-24-22-14-13-21-11-6-7-12-26(29)28(21,5)25(22)17-18-27(23,24)4/h6-7,19-25H,8-18H2,1-5H3/t20-,21-,22+,23-,24+,25+,27-,28+/m1/s1. The van der Waals surface area contributed by atoms with Crippen LogP contribution in [0.3, 0.4) is 0 Å². The van der Waals surface area contributed by atoms with E-state index in [9.17, 15) is 4.79 Å². The summed E-state index contributed by atoms with van der Waals surface area (Å²) in [5.41, 5.74) is 0.488. The molecule has 0 N–H and O–H groups in total. The van der Waals surface area contributed by atoms with E-state index < -0.39 is 0 Å². The van der Waals surface area contributed by atoms with Gasteiger partial charge in [-0.1, -0.05) is 66.0 Å². The first kappa shape index (κ1) is 21.6. The molecule has 0 radical (unpaired) electrons. The lowest BCUT2D eigenvalue weighted by molar-refractivity contribution is -0.149. The van der Waals surface area contributed by atoms with Crippen molar-refractivity contribution in [2.24, 2.45) is 52.3 Å². The summed E-state index contributed by atoms with van der Waals surface area (Å²) in [6.07, 6.45) is 18.8. The summed E-state index contributed by atoms with van der Waals surface area (Å²) in [6.45, 7) is 12.3. The van der Waals surface area contributed by atoms with Crippen molar-refractivity contribution >= 4 is 5.78 Å². The van der Waals surface area contributed by atoms with Gasteiger partial charge >= 0.3 is 0 Å². The molecule has 0 spiro atoms. The lowest BCUT2D eigenvalue weighted by Crippen LogP contribution is -2.54. The number of hydrogen-bond acceptors (Lipinski definition) is 1. The van der Waals surface area contributed by atoms with Gasteiger partial charge in [0.1, 0.15) is 5.78 Å². The van der Waals surface area contributed by atoms with E-state index in [-0.39, 0.29) is 5.41 Å². The Labute approximate surface area is 180 Å². The topological polar surface area (TPSA) is 17.1 Å². The molecule has 1 heteroatoms. The zero-order chi connectivity index (χ0) is 20.8. The first-order valence-corrected chi connectivity index (χ1v) is 13.0. The van der Waals surface area contributed by atoms with Gasteiger partial charge in [0.05, 0.1) is 0 Å². The largest absolute Gasteiger partial charge is 0.299 e. The number of carbonyl (C=O) groups is 1. The van der Waals surface area contributed by atoms with Crippen LogP contribution in [-0.2, 0) is 4.79 Å². The average Bonchev–Trinajstić information content (AvgIpc) is 2.95. The van der Waals surface area contributed by atoms with Crippen LogP contribution < -0.4 is 0 Å². The minimum absolute atomic E-state index is 0.0469. The number of ketones is 1. The van der Waals surface area contributed by atoms with Crippen molar-refractivity contribution in [1.29, 1.82) is 0 Å². The lowest BCUT2D eigenvalue weighted by atomic mass is 9.45. The van der Waals surface area contributed by atoms with Gasteiger partial charge in [-0.2, -0.15) is 0 Å². The van der Waals surface area contributed by atoms with Crippen LogP contribution in [0, 0.1) is 52.3 Å². The van der Waals surface area contributed by atoms with Crippen molar-refractivity contribution < 1.29 is 4.79 Å². The van der Waals surface area contributed by atoms with E-state index in [0.29, 0.717) is 29.5 Å². The van der Waals surface area contributed by atoms with Crippen LogP contribution in [0.4, 0.5) is 0 Å². The van der Waals surface area contributed by atoms with Crippen molar-refractivity contribution in [2.45, 2.75) is 105 Å². The molecule has 4 rings (SSSR count). The second-order valence-electron chi connectivity index (χ2n) is 12.3. The van der Waals surface area contributed by atoms with Crippen LogP contribution in [0.25, 0.3) is 0 Å². The van der Waals surface area contributed by atoms with Crippen molar-refractivity contribution in [1.82, 2.24) is 0 Å². The Balaban J connectivity index is 1.51. The van der Waals surface area contributed by atoms with Crippen LogP contribution in [0.15, 0.2) is 12.2 Å². The van der Waals surface area contributed by atoms with Gasteiger partial charge in [0.2, 0.25) is 0 Å². The average molecular weight is 399 g/mol. The van der Waals surface area contributed by atoms with Gasteiger partial charge < -0.3 is 0 Å². The first-order valence-electron chi connectivity index (χ1n) is 13.0. The fraction of sp³-hybridized carbons (Fsp3) is 0.893. The van der Waals surface area contributed by atoms with Crippen LogP contribution >= 0.6 is 0 Å². The fourth-order valence-electron chi connectivity index (χ4n) is 8.92. The Kier molecular flexibility index (Phi) is 6.09. The van der Waals surface area contributed by atoms with Crippen LogP contribution in [-0.4, -0.2) is 5.78 Å². The molecule has 0 amide bonds. The monoisotopic (exact) mass is 398 g/mol. The van der Waals surface area contributed by atoms with Gasteiger partial charge in [-0.15, -0.1) is 0 Å². The highest BCUT2D eigenvalue weighted by Gasteiger charge is 2.61. The third-order valence-electron chi connectivity index (χ3n) is 10.6. The molecule has 0 aromatic heterocycles. The summed E-state index contributed by atoms with van der Waals surface area (Å²) in [5.74, 6) is 6.13. The maximum absolute atomic E-state index is 13.3. The maximum atomic E-state index is 13.3. The van der Waals surface area contributed by atoms with Crippen molar-refractivity contribution in [2.75, 3.05) is 0 Å². The second kappa shape index (κ2) is 8.16. The molecule has 0 aromatic rings. The van der Waals surface area contributed by atoms with Crippen molar-refractivity contribution in [3.05, 3.63) is 12.2 Å². The second-order valence-corrected chi connectivity index (χ2v) is 12.3. The summed E-state index contributed by atoms with van der Waals surface area (Å²) in [7, 11) is 0. The summed E-state index contributed by atoms with van der Waals surface area (Å²) in [4.78, 5) is 13.3. The number of Topliss-reactive ketones (excluding diaryl/α,β-unsaturated/α-hetero) is 1. The predicted octanol–water partition coefficient (Wildman–Crippen LogP) is 7.84. The summed E-state index contributed by atoms with van der Waals surface area (Å²) in [5, 5.41) is 0. The molecule has 0 aliphatic heterocycles. The lowest BCUT2D eigenvalue weighted by Gasteiger charge is -2.58. The molecule has 4 aliphatic rings. The maximum Gasteiger partial charge on any atom is 0.143 e. The molecule has 0 bridgehead atoms. The quantitative estimate of drug-likeness (QED) is 0.431. The third kappa shape index (κ3) is 3.57. The molecule has 0 unspecified atom stereocenters. The van der Waals surface area contributed by atoms with Gasteiger partial charge in [0.15, 0.2) is 0 Å². The van der Waals surface area contributed by atoms with Crippen molar-refractivity contribution in [3.8, 4) is 0 Å². The van der Waals surface area contributed by atoms with Gasteiger partial charge in [0.25, 0.3) is 0 Å². The molecule has 0 aromatic carbocycles. The number of fused-ring (bicyclic) bond motifs is 5. The highest BCUT2D eigenvalue weighted by Crippen LogP contribution is 2.67. The highest BCUT2D eigenvalue weighted by atomic mass is 16.1. The molecule has 0 heterocycles. The summed E-state index contributed by atoms with van der Waals surface area (Å²) in [6, 6.07) is 0. The Morgan fingerprint density at radius 3 is 2.52 bits per heavy atom. The predicted molar refractivity (Wildman–Crippen MR) is 123 cm³/mol. The van der Waals surface area contributed by atoms with E-state index in [1.807, 2.05) is 0 Å². The van der Waals surface area contributed by atoms with E-state index in [1.54, 1.807) is 0 Å². The number of rotatable bonds is 5.